The van der Waals surface area contributed by atoms with Crippen LogP contribution in [0.2, 0.25) is 0 Å². The van der Waals surface area contributed by atoms with Gasteiger partial charge in [-0.2, -0.15) is 5.26 Å². The number of hydrogen-bond acceptors (Lipinski definition) is 3. The first-order chi connectivity index (χ1) is 7.53. The third kappa shape index (κ3) is 2.56. The van der Waals surface area contributed by atoms with Gasteiger partial charge in [0.2, 0.25) is 0 Å². The maximum Gasteiger partial charge on any atom is 0.119 e. The highest BCUT2D eigenvalue weighted by Crippen LogP contribution is 2.39. The van der Waals surface area contributed by atoms with E-state index in [1.807, 2.05) is 0 Å². The van der Waals surface area contributed by atoms with E-state index >= 15 is 0 Å². The Bertz CT molecular complexity index is 282. The first-order valence-corrected chi connectivity index (χ1v) is 6.46. The Hall–Kier alpha value is -0.590. The molecule has 1 saturated carbocycles. The van der Waals surface area contributed by atoms with Gasteiger partial charge < -0.3 is 5.73 Å². The van der Waals surface area contributed by atoms with Crippen molar-refractivity contribution >= 4 is 0 Å². The van der Waals surface area contributed by atoms with E-state index in [4.69, 9.17) is 5.73 Å². The SMILES string of the molecule is CC1CC(C)CN(CC(N)(C#N)C2CC2)C1. The van der Waals surface area contributed by atoms with Crippen LogP contribution in [-0.4, -0.2) is 30.1 Å². The predicted octanol–water partition coefficient (Wildman–Crippen LogP) is 1.60. The molecule has 90 valence electrons. The van der Waals surface area contributed by atoms with Gasteiger partial charge in [0.05, 0.1) is 6.07 Å². The second-order valence-corrected chi connectivity index (χ2v) is 6.07. The minimum Gasteiger partial charge on any atom is -0.312 e. The molecular formula is C13H23N3. The fourth-order valence-corrected chi connectivity index (χ4v) is 3.15. The number of nitriles is 1. The summed E-state index contributed by atoms with van der Waals surface area (Å²) in [5.74, 6) is 1.93. The zero-order chi connectivity index (χ0) is 11.8. The second kappa shape index (κ2) is 4.35. The summed E-state index contributed by atoms with van der Waals surface area (Å²) < 4.78 is 0. The largest absolute Gasteiger partial charge is 0.312 e. The van der Waals surface area contributed by atoms with Crippen molar-refractivity contribution in [2.45, 2.75) is 38.6 Å². The fourth-order valence-electron chi connectivity index (χ4n) is 3.15. The summed E-state index contributed by atoms with van der Waals surface area (Å²) in [5, 5.41) is 9.26. The summed E-state index contributed by atoms with van der Waals surface area (Å²) in [4.78, 5) is 2.40. The fraction of sp³-hybridized carbons (Fsp3) is 0.923. The highest BCUT2D eigenvalue weighted by Gasteiger charge is 2.44. The molecule has 1 saturated heterocycles. The third-order valence-corrected chi connectivity index (χ3v) is 3.94. The monoisotopic (exact) mass is 221 g/mol. The van der Waals surface area contributed by atoms with Crippen molar-refractivity contribution in [3.63, 3.8) is 0 Å². The van der Waals surface area contributed by atoms with E-state index in [0.717, 1.165) is 44.3 Å². The topological polar surface area (TPSA) is 53.0 Å². The first kappa shape index (κ1) is 11.9. The summed E-state index contributed by atoms with van der Waals surface area (Å²) in [6.07, 6.45) is 3.59. The number of rotatable bonds is 3. The van der Waals surface area contributed by atoms with E-state index < -0.39 is 5.54 Å². The van der Waals surface area contributed by atoms with E-state index in [1.54, 1.807) is 0 Å². The molecule has 2 aliphatic rings. The summed E-state index contributed by atoms with van der Waals surface area (Å²) in [7, 11) is 0. The number of nitrogens with zero attached hydrogens (tertiary/aromatic N) is 2. The van der Waals surface area contributed by atoms with Crippen LogP contribution >= 0.6 is 0 Å². The Kier molecular flexibility index (Phi) is 3.23. The van der Waals surface area contributed by atoms with Crippen LogP contribution in [0.15, 0.2) is 0 Å². The normalized spacial score (nSPS) is 35.4. The van der Waals surface area contributed by atoms with Crippen LogP contribution in [0.4, 0.5) is 0 Å². The van der Waals surface area contributed by atoms with Crippen molar-refractivity contribution in [2.24, 2.45) is 23.5 Å². The van der Waals surface area contributed by atoms with E-state index in [1.165, 1.54) is 6.42 Å². The van der Waals surface area contributed by atoms with Gasteiger partial charge in [0.15, 0.2) is 0 Å². The smallest absolute Gasteiger partial charge is 0.119 e. The molecule has 2 N–H and O–H groups in total. The highest BCUT2D eigenvalue weighted by molar-refractivity contribution is 5.14. The maximum absolute atomic E-state index is 9.26. The Labute approximate surface area is 98.6 Å². The summed E-state index contributed by atoms with van der Waals surface area (Å²) >= 11 is 0. The van der Waals surface area contributed by atoms with Crippen LogP contribution in [0.3, 0.4) is 0 Å². The Morgan fingerprint density at radius 1 is 1.31 bits per heavy atom. The van der Waals surface area contributed by atoms with Gasteiger partial charge in [0.1, 0.15) is 5.54 Å². The lowest BCUT2D eigenvalue weighted by atomic mass is 9.89. The Morgan fingerprint density at radius 2 is 1.88 bits per heavy atom. The number of likely N-dealkylation sites (tertiary alicyclic amines) is 1. The molecule has 1 heterocycles. The lowest BCUT2D eigenvalue weighted by molar-refractivity contribution is 0.119. The van der Waals surface area contributed by atoms with Gasteiger partial charge in [-0.15, -0.1) is 0 Å². The van der Waals surface area contributed by atoms with Crippen molar-refractivity contribution in [3.8, 4) is 6.07 Å². The van der Waals surface area contributed by atoms with Gasteiger partial charge >= 0.3 is 0 Å². The second-order valence-electron chi connectivity index (χ2n) is 6.07. The number of piperidine rings is 1. The lowest BCUT2D eigenvalue weighted by Crippen LogP contribution is -2.54. The molecule has 0 spiro atoms. The van der Waals surface area contributed by atoms with Gasteiger partial charge in [0.25, 0.3) is 0 Å². The van der Waals surface area contributed by atoms with Gasteiger partial charge in [-0.1, -0.05) is 13.8 Å². The Morgan fingerprint density at radius 3 is 2.31 bits per heavy atom. The molecule has 0 amide bonds. The molecule has 2 rings (SSSR count). The molecule has 0 aromatic heterocycles. The molecular weight excluding hydrogens is 198 g/mol. The first-order valence-electron chi connectivity index (χ1n) is 6.46. The summed E-state index contributed by atoms with van der Waals surface area (Å²) in [5.41, 5.74) is 5.64. The number of hydrogen-bond donors (Lipinski definition) is 1. The molecule has 0 radical (unpaired) electrons. The van der Waals surface area contributed by atoms with Gasteiger partial charge in [-0.05, 0) is 37.0 Å². The zero-order valence-electron chi connectivity index (χ0n) is 10.4. The van der Waals surface area contributed by atoms with Crippen LogP contribution in [0.25, 0.3) is 0 Å². The average Bonchev–Trinajstić information content (AvgIpc) is 2.98. The van der Waals surface area contributed by atoms with Crippen LogP contribution < -0.4 is 5.73 Å². The molecule has 0 bridgehead atoms. The quantitative estimate of drug-likeness (QED) is 0.787. The summed E-state index contributed by atoms with van der Waals surface area (Å²) in [6.45, 7) is 7.58. The van der Waals surface area contributed by atoms with E-state index in [-0.39, 0.29) is 0 Å². The van der Waals surface area contributed by atoms with Crippen LogP contribution in [0.1, 0.15) is 33.1 Å². The number of nitrogens with two attached hydrogens (primary N) is 1. The molecule has 16 heavy (non-hydrogen) atoms. The molecule has 0 aromatic rings. The van der Waals surface area contributed by atoms with Gasteiger partial charge in [-0.3, -0.25) is 4.90 Å². The predicted molar refractivity (Wildman–Crippen MR) is 64.6 cm³/mol. The Balaban J connectivity index is 1.95. The molecule has 3 nitrogen and oxygen atoms in total. The van der Waals surface area contributed by atoms with E-state index in [0.29, 0.717) is 5.92 Å². The molecule has 3 atom stereocenters. The molecule has 1 aliphatic heterocycles. The van der Waals surface area contributed by atoms with Gasteiger partial charge in [0, 0.05) is 19.6 Å². The zero-order valence-corrected chi connectivity index (χ0v) is 10.4. The average molecular weight is 221 g/mol. The minimum atomic E-state index is -0.587. The van der Waals surface area contributed by atoms with E-state index in [9.17, 15) is 5.26 Å². The van der Waals surface area contributed by atoms with E-state index in [2.05, 4.69) is 24.8 Å². The maximum atomic E-state index is 9.26. The van der Waals surface area contributed by atoms with Crippen LogP contribution in [0, 0.1) is 29.1 Å². The van der Waals surface area contributed by atoms with Gasteiger partial charge in [-0.25, -0.2) is 0 Å². The van der Waals surface area contributed by atoms with Crippen molar-refractivity contribution in [1.29, 1.82) is 5.26 Å². The highest BCUT2D eigenvalue weighted by atomic mass is 15.2. The summed E-state index contributed by atoms with van der Waals surface area (Å²) in [6, 6.07) is 2.35. The molecule has 1 aliphatic carbocycles. The molecule has 3 heteroatoms. The third-order valence-electron chi connectivity index (χ3n) is 3.94. The minimum absolute atomic E-state index is 0.449. The lowest BCUT2D eigenvalue weighted by Gasteiger charge is -2.38. The van der Waals surface area contributed by atoms with Crippen molar-refractivity contribution < 1.29 is 0 Å². The molecule has 3 unspecified atom stereocenters. The molecule has 2 fully saturated rings. The van der Waals surface area contributed by atoms with Crippen molar-refractivity contribution in [3.05, 3.63) is 0 Å². The van der Waals surface area contributed by atoms with Crippen LogP contribution in [0.5, 0.6) is 0 Å². The van der Waals surface area contributed by atoms with Crippen LogP contribution in [-0.2, 0) is 0 Å². The molecule has 0 aromatic carbocycles. The standard InChI is InChI=1S/C13H23N3/c1-10-5-11(2)7-16(6-10)9-13(15,8-14)12-3-4-12/h10-12H,3-7,9,15H2,1-2H3. The van der Waals surface area contributed by atoms with Crippen molar-refractivity contribution in [1.82, 2.24) is 4.90 Å². The van der Waals surface area contributed by atoms with Crippen molar-refractivity contribution in [2.75, 3.05) is 19.6 Å².